The fraction of sp³-hybridized carbons (Fsp3) is 0.136. The van der Waals surface area contributed by atoms with Crippen molar-refractivity contribution in [3.05, 3.63) is 66.0 Å². The summed E-state index contributed by atoms with van der Waals surface area (Å²) in [6.07, 6.45) is 1.66. The maximum absolute atomic E-state index is 11.6. The number of aryl methyl sites for hydroxylation is 1. The van der Waals surface area contributed by atoms with Crippen LogP contribution in [0, 0.1) is 18.3 Å². The summed E-state index contributed by atoms with van der Waals surface area (Å²) in [6, 6.07) is 17.8. The van der Waals surface area contributed by atoms with Crippen molar-refractivity contribution in [2.75, 3.05) is 12.4 Å². The first kappa shape index (κ1) is 17.6. The topological polar surface area (TPSA) is 79.4 Å². The van der Waals surface area contributed by atoms with E-state index in [0.29, 0.717) is 5.69 Å². The minimum absolute atomic E-state index is 0.246. The molecule has 0 bridgehead atoms. The highest BCUT2D eigenvalue weighted by molar-refractivity contribution is 5.99. The molecule has 2 aromatic heterocycles. The Labute approximate surface area is 162 Å². The number of fused-ring (bicyclic) bond motifs is 3. The number of aromatic nitrogens is 2. The molecule has 0 unspecified atom stereocenters. The first-order chi connectivity index (χ1) is 13.6. The summed E-state index contributed by atoms with van der Waals surface area (Å²) in [5.74, 6) is 0. The van der Waals surface area contributed by atoms with Crippen molar-refractivity contribution < 1.29 is 9.53 Å². The van der Waals surface area contributed by atoms with Crippen molar-refractivity contribution in [3.63, 3.8) is 0 Å². The number of carbonyl (C=O) groups is 1. The number of methoxy groups -OCH3 is 1. The molecule has 0 radical (unpaired) electrons. The number of amides is 1. The summed E-state index contributed by atoms with van der Waals surface area (Å²) in [6.45, 7) is 2.03. The summed E-state index contributed by atoms with van der Waals surface area (Å²) in [7, 11) is 1.33. The van der Waals surface area contributed by atoms with Gasteiger partial charge in [-0.3, -0.25) is 5.32 Å². The second kappa shape index (κ2) is 7.05. The Morgan fingerprint density at radius 2 is 2.07 bits per heavy atom. The second-order valence-electron chi connectivity index (χ2n) is 6.48. The third-order valence-corrected chi connectivity index (χ3v) is 4.79. The highest BCUT2D eigenvalue weighted by atomic mass is 16.5. The Bertz CT molecular complexity index is 1250. The number of nitrogens with one attached hydrogen (secondary N) is 1. The number of anilines is 1. The standard InChI is InChI=1S/C22H18N4O2/c1-14-5-3-4-6-17(14)20-19(9-11-23)26-12-10-15-7-8-16(24-22(27)28-2)13-18(15)21(26)25-20/h3-8,10,12-13H,9H2,1-2H3,(H,24,27). The lowest BCUT2D eigenvalue weighted by Crippen LogP contribution is -2.10. The van der Waals surface area contributed by atoms with Gasteiger partial charge in [-0.15, -0.1) is 0 Å². The van der Waals surface area contributed by atoms with Gasteiger partial charge in [-0.25, -0.2) is 9.78 Å². The number of carbonyl (C=O) groups excluding carboxylic acids is 1. The molecule has 0 fully saturated rings. The van der Waals surface area contributed by atoms with Crippen LogP contribution in [0.5, 0.6) is 0 Å². The molecule has 0 atom stereocenters. The lowest BCUT2D eigenvalue weighted by Gasteiger charge is -2.07. The molecular weight excluding hydrogens is 352 g/mol. The van der Waals surface area contributed by atoms with Crippen LogP contribution in [-0.4, -0.2) is 22.6 Å². The number of benzene rings is 2. The summed E-state index contributed by atoms with van der Waals surface area (Å²) in [4.78, 5) is 16.5. The summed E-state index contributed by atoms with van der Waals surface area (Å²) in [5.41, 5.74) is 5.12. The lowest BCUT2D eigenvalue weighted by molar-refractivity contribution is 0.187. The fourth-order valence-electron chi connectivity index (χ4n) is 3.41. The van der Waals surface area contributed by atoms with Gasteiger partial charge in [0.2, 0.25) is 0 Å². The zero-order valence-corrected chi connectivity index (χ0v) is 15.6. The molecule has 0 aliphatic rings. The number of rotatable bonds is 3. The summed E-state index contributed by atoms with van der Waals surface area (Å²) >= 11 is 0. The van der Waals surface area contributed by atoms with Crippen LogP contribution in [-0.2, 0) is 11.2 Å². The van der Waals surface area contributed by atoms with Crippen LogP contribution >= 0.6 is 0 Å². The number of nitrogens with zero attached hydrogens (tertiary/aromatic N) is 3. The predicted octanol–water partition coefficient (Wildman–Crippen LogP) is 4.71. The third kappa shape index (κ3) is 2.93. The molecule has 0 spiro atoms. The van der Waals surface area contributed by atoms with E-state index in [9.17, 15) is 10.1 Å². The van der Waals surface area contributed by atoms with Crippen molar-refractivity contribution in [3.8, 4) is 17.3 Å². The van der Waals surface area contributed by atoms with Gasteiger partial charge in [0.1, 0.15) is 5.65 Å². The highest BCUT2D eigenvalue weighted by Gasteiger charge is 2.17. The summed E-state index contributed by atoms with van der Waals surface area (Å²) < 4.78 is 6.63. The Morgan fingerprint density at radius 3 is 2.82 bits per heavy atom. The van der Waals surface area contributed by atoms with Crippen molar-refractivity contribution in [2.24, 2.45) is 0 Å². The number of hydrogen-bond donors (Lipinski definition) is 1. The van der Waals surface area contributed by atoms with Crippen LogP contribution < -0.4 is 5.32 Å². The Balaban J connectivity index is 1.99. The van der Waals surface area contributed by atoms with Gasteiger partial charge < -0.3 is 9.14 Å². The van der Waals surface area contributed by atoms with Gasteiger partial charge in [-0.05, 0) is 36.1 Å². The molecule has 138 valence electrons. The molecule has 4 rings (SSSR count). The van der Waals surface area contributed by atoms with E-state index in [2.05, 4.69) is 16.1 Å². The van der Waals surface area contributed by atoms with Gasteiger partial charge in [-0.1, -0.05) is 30.3 Å². The van der Waals surface area contributed by atoms with Crippen LogP contribution in [0.25, 0.3) is 27.7 Å². The van der Waals surface area contributed by atoms with E-state index in [1.54, 1.807) is 0 Å². The maximum Gasteiger partial charge on any atom is 0.411 e. The second-order valence-corrected chi connectivity index (χ2v) is 6.48. The molecular formula is C22H18N4O2. The van der Waals surface area contributed by atoms with Gasteiger partial charge in [0.25, 0.3) is 0 Å². The normalized spacial score (nSPS) is 10.8. The van der Waals surface area contributed by atoms with E-state index in [1.165, 1.54) is 7.11 Å². The van der Waals surface area contributed by atoms with Crippen molar-refractivity contribution in [2.45, 2.75) is 13.3 Å². The molecule has 0 saturated carbocycles. The molecule has 0 aliphatic carbocycles. The van der Waals surface area contributed by atoms with Crippen LogP contribution in [0.1, 0.15) is 11.3 Å². The minimum Gasteiger partial charge on any atom is -0.453 e. The van der Waals surface area contributed by atoms with Gasteiger partial charge in [0.15, 0.2) is 0 Å². The van der Waals surface area contributed by atoms with Crippen molar-refractivity contribution in [1.82, 2.24) is 9.38 Å². The maximum atomic E-state index is 11.6. The quantitative estimate of drug-likeness (QED) is 0.566. The Hall–Kier alpha value is -3.85. The molecule has 6 nitrogen and oxygen atoms in total. The van der Waals surface area contributed by atoms with Gasteiger partial charge in [0, 0.05) is 22.8 Å². The van der Waals surface area contributed by atoms with E-state index in [-0.39, 0.29) is 6.42 Å². The zero-order valence-electron chi connectivity index (χ0n) is 15.6. The first-order valence-electron chi connectivity index (χ1n) is 8.84. The van der Waals surface area contributed by atoms with E-state index >= 15 is 0 Å². The fourth-order valence-corrected chi connectivity index (χ4v) is 3.41. The van der Waals surface area contributed by atoms with E-state index in [1.807, 2.05) is 66.1 Å². The molecule has 4 aromatic rings. The molecule has 0 aliphatic heterocycles. The van der Waals surface area contributed by atoms with Crippen LogP contribution in [0.4, 0.5) is 10.5 Å². The van der Waals surface area contributed by atoms with Crippen LogP contribution in [0.2, 0.25) is 0 Å². The van der Waals surface area contributed by atoms with Crippen LogP contribution in [0.15, 0.2) is 54.7 Å². The highest BCUT2D eigenvalue weighted by Crippen LogP contribution is 2.31. The van der Waals surface area contributed by atoms with Gasteiger partial charge in [0.05, 0.1) is 31.0 Å². The molecule has 1 amide bonds. The average Bonchev–Trinajstić information content (AvgIpc) is 3.07. The number of ether oxygens (including phenoxy) is 1. The smallest absolute Gasteiger partial charge is 0.411 e. The van der Waals surface area contributed by atoms with E-state index in [0.717, 1.165) is 38.9 Å². The molecule has 2 aromatic carbocycles. The predicted molar refractivity (Wildman–Crippen MR) is 108 cm³/mol. The lowest BCUT2D eigenvalue weighted by atomic mass is 10.0. The van der Waals surface area contributed by atoms with Gasteiger partial charge in [-0.2, -0.15) is 5.26 Å². The van der Waals surface area contributed by atoms with Crippen molar-refractivity contribution >= 4 is 28.2 Å². The summed E-state index contributed by atoms with van der Waals surface area (Å²) in [5, 5.41) is 13.9. The first-order valence-corrected chi connectivity index (χ1v) is 8.84. The van der Waals surface area contributed by atoms with E-state index < -0.39 is 6.09 Å². The monoisotopic (exact) mass is 370 g/mol. The SMILES string of the molecule is COC(=O)Nc1ccc2ccn3c(CC#N)c(-c4ccccc4C)nc3c2c1. The molecule has 2 heterocycles. The largest absolute Gasteiger partial charge is 0.453 e. The van der Waals surface area contributed by atoms with Crippen LogP contribution in [0.3, 0.4) is 0 Å². The van der Waals surface area contributed by atoms with Crippen molar-refractivity contribution in [1.29, 1.82) is 5.26 Å². The number of hydrogen-bond acceptors (Lipinski definition) is 4. The molecule has 0 saturated heterocycles. The zero-order chi connectivity index (χ0) is 19.7. The molecule has 1 N–H and O–H groups in total. The Morgan fingerprint density at radius 1 is 1.25 bits per heavy atom. The number of nitriles is 1. The minimum atomic E-state index is -0.527. The van der Waals surface area contributed by atoms with E-state index in [4.69, 9.17) is 4.98 Å². The average molecular weight is 370 g/mol. The Kier molecular flexibility index (Phi) is 4.42. The third-order valence-electron chi connectivity index (χ3n) is 4.79. The number of imidazole rings is 1. The molecule has 28 heavy (non-hydrogen) atoms. The molecule has 6 heteroatoms. The number of pyridine rings is 1. The van der Waals surface area contributed by atoms with Gasteiger partial charge >= 0.3 is 6.09 Å².